The topological polar surface area (TPSA) is 52.3 Å². The van der Waals surface area contributed by atoms with Crippen LogP contribution < -0.4 is 5.73 Å². The van der Waals surface area contributed by atoms with Gasteiger partial charge >= 0.3 is 5.97 Å². The van der Waals surface area contributed by atoms with Crippen molar-refractivity contribution in [2.75, 3.05) is 13.2 Å². The summed E-state index contributed by atoms with van der Waals surface area (Å²) in [6.07, 6.45) is 2.76. The highest BCUT2D eigenvalue weighted by atomic mass is 16.5. The fourth-order valence-electron chi connectivity index (χ4n) is 1.44. The largest absolute Gasteiger partial charge is 0.465 e. The monoisotopic (exact) mass is 171 g/mol. The molecule has 0 aromatic heterocycles. The Morgan fingerprint density at radius 2 is 2.25 bits per heavy atom. The van der Waals surface area contributed by atoms with E-state index < -0.39 is 0 Å². The van der Waals surface area contributed by atoms with Gasteiger partial charge in [0.15, 0.2) is 0 Å². The number of ether oxygens (including phenoxy) is 1. The van der Waals surface area contributed by atoms with Crippen LogP contribution in [0, 0.1) is 11.8 Å². The van der Waals surface area contributed by atoms with E-state index in [0.717, 1.165) is 19.3 Å². The number of esters is 1. The van der Waals surface area contributed by atoms with Gasteiger partial charge in [0.25, 0.3) is 0 Å². The first-order valence-electron chi connectivity index (χ1n) is 4.64. The predicted octanol–water partition coefficient (Wildman–Crippen LogP) is 0.924. The van der Waals surface area contributed by atoms with Gasteiger partial charge in [0.05, 0.1) is 12.5 Å². The van der Waals surface area contributed by atoms with Crippen LogP contribution in [0.2, 0.25) is 0 Å². The summed E-state index contributed by atoms with van der Waals surface area (Å²) in [6.45, 7) is 3.26. The summed E-state index contributed by atoms with van der Waals surface area (Å²) in [5, 5.41) is 0. The molecule has 12 heavy (non-hydrogen) atoms. The second-order valence-electron chi connectivity index (χ2n) is 3.44. The molecule has 1 fully saturated rings. The van der Waals surface area contributed by atoms with E-state index in [4.69, 9.17) is 10.5 Å². The lowest BCUT2D eigenvalue weighted by atomic mass is 9.75. The number of hydrogen-bond acceptors (Lipinski definition) is 3. The van der Waals surface area contributed by atoms with Crippen molar-refractivity contribution in [1.29, 1.82) is 0 Å². The molecule has 0 aromatic carbocycles. The van der Waals surface area contributed by atoms with Gasteiger partial charge in [-0.2, -0.15) is 0 Å². The van der Waals surface area contributed by atoms with Crippen LogP contribution in [0.1, 0.15) is 26.2 Å². The molecule has 0 bridgehead atoms. The molecule has 0 aliphatic heterocycles. The molecule has 0 heterocycles. The molecule has 0 atom stereocenters. The maximum atomic E-state index is 11.2. The summed E-state index contributed by atoms with van der Waals surface area (Å²) in [7, 11) is 0. The smallest absolute Gasteiger partial charge is 0.308 e. The Balaban J connectivity index is 2.11. The van der Waals surface area contributed by atoms with E-state index in [-0.39, 0.29) is 11.9 Å². The Kier molecular flexibility index (Phi) is 3.53. The number of carbonyl (C=O) groups is 1. The molecule has 3 heteroatoms. The standard InChI is InChI=1S/C9H17NO2/c1-2-3-12-9(11)8-4-7(5-8)6-10/h7-8H,2-6,10H2,1H3. The highest BCUT2D eigenvalue weighted by Gasteiger charge is 2.34. The van der Waals surface area contributed by atoms with Crippen LogP contribution in [0.5, 0.6) is 0 Å². The van der Waals surface area contributed by atoms with E-state index in [2.05, 4.69) is 0 Å². The van der Waals surface area contributed by atoms with Crippen molar-refractivity contribution < 1.29 is 9.53 Å². The minimum atomic E-state index is -0.0263. The first-order chi connectivity index (χ1) is 5.77. The average Bonchev–Trinajstić information content (AvgIpc) is 1.99. The lowest BCUT2D eigenvalue weighted by Crippen LogP contribution is -2.35. The molecule has 3 nitrogen and oxygen atoms in total. The van der Waals surface area contributed by atoms with Crippen molar-refractivity contribution in [1.82, 2.24) is 0 Å². The van der Waals surface area contributed by atoms with Crippen LogP contribution in [0.4, 0.5) is 0 Å². The van der Waals surface area contributed by atoms with Crippen LogP contribution in [0.3, 0.4) is 0 Å². The van der Waals surface area contributed by atoms with Gasteiger partial charge in [0.2, 0.25) is 0 Å². The highest BCUT2D eigenvalue weighted by Crippen LogP contribution is 2.33. The van der Waals surface area contributed by atoms with Gasteiger partial charge in [-0.05, 0) is 31.7 Å². The Morgan fingerprint density at radius 3 is 2.75 bits per heavy atom. The third-order valence-corrected chi connectivity index (χ3v) is 2.35. The summed E-state index contributed by atoms with van der Waals surface area (Å²) < 4.78 is 5.01. The van der Waals surface area contributed by atoms with Crippen molar-refractivity contribution in [3.05, 3.63) is 0 Å². The van der Waals surface area contributed by atoms with Gasteiger partial charge < -0.3 is 10.5 Å². The van der Waals surface area contributed by atoms with Crippen molar-refractivity contribution in [3.8, 4) is 0 Å². The minimum absolute atomic E-state index is 0.0263. The number of rotatable bonds is 4. The molecule has 0 radical (unpaired) electrons. The van der Waals surface area contributed by atoms with Crippen LogP contribution in [-0.4, -0.2) is 19.1 Å². The van der Waals surface area contributed by atoms with Gasteiger partial charge in [-0.15, -0.1) is 0 Å². The van der Waals surface area contributed by atoms with E-state index in [1.807, 2.05) is 6.92 Å². The Hall–Kier alpha value is -0.570. The molecule has 0 unspecified atom stereocenters. The molecule has 1 aliphatic rings. The summed E-state index contributed by atoms with van der Waals surface area (Å²) in [4.78, 5) is 11.2. The van der Waals surface area contributed by atoms with Crippen LogP contribution >= 0.6 is 0 Å². The second kappa shape index (κ2) is 4.45. The van der Waals surface area contributed by atoms with E-state index in [9.17, 15) is 4.79 Å². The first-order valence-corrected chi connectivity index (χ1v) is 4.64. The molecule has 1 rings (SSSR count). The molecule has 1 aliphatic carbocycles. The molecule has 0 aromatic rings. The molecule has 70 valence electrons. The molecular weight excluding hydrogens is 154 g/mol. The van der Waals surface area contributed by atoms with Crippen molar-refractivity contribution >= 4 is 5.97 Å². The summed E-state index contributed by atoms with van der Waals surface area (Å²) >= 11 is 0. The number of carbonyl (C=O) groups excluding carboxylic acids is 1. The highest BCUT2D eigenvalue weighted by molar-refractivity contribution is 5.73. The third-order valence-electron chi connectivity index (χ3n) is 2.35. The molecule has 0 spiro atoms. The Labute approximate surface area is 73.3 Å². The normalized spacial score (nSPS) is 27.8. The zero-order valence-corrected chi connectivity index (χ0v) is 7.58. The maximum Gasteiger partial charge on any atom is 0.308 e. The average molecular weight is 171 g/mol. The lowest BCUT2D eigenvalue weighted by molar-refractivity contribution is -0.153. The lowest BCUT2D eigenvalue weighted by Gasteiger charge is -2.32. The summed E-state index contributed by atoms with van der Waals surface area (Å²) in [5.74, 6) is 0.677. The van der Waals surface area contributed by atoms with Gasteiger partial charge in [-0.1, -0.05) is 6.92 Å². The predicted molar refractivity (Wildman–Crippen MR) is 46.5 cm³/mol. The van der Waals surface area contributed by atoms with Gasteiger partial charge in [0.1, 0.15) is 0 Å². The van der Waals surface area contributed by atoms with E-state index in [1.54, 1.807) is 0 Å². The fraction of sp³-hybridized carbons (Fsp3) is 0.889. The van der Waals surface area contributed by atoms with Gasteiger partial charge in [-0.3, -0.25) is 4.79 Å². The molecule has 0 amide bonds. The SMILES string of the molecule is CCCOC(=O)C1CC(CN)C1. The first kappa shape index (κ1) is 9.52. The zero-order chi connectivity index (χ0) is 8.97. The van der Waals surface area contributed by atoms with E-state index in [1.165, 1.54) is 0 Å². The maximum absolute atomic E-state index is 11.2. The fourth-order valence-corrected chi connectivity index (χ4v) is 1.44. The van der Waals surface area contributed by atoms with Crippen LogP contribution in [0.15, 0.2) is 0 Å². The number of hydrogen-bond donors (Lipinski definition) is 1. The van der Waals surface area contributed by atoms with Crippen molar-refractivity contribution in [2.45, 2.75) is 26.2 Å². The van der Waals surface area contributed by atoms with Crippen molar-refractivity contribution in [2.24, 2.45) is 17.6 Å². The molecule has 0 saturated heterocycles. The summed E-state index contributed by atoms with van der Waals surface area (Å²) in [5.41, 5.74) is 5.44. The second-order valence-corrected chi connectivity index (χ2v) is 3.44. The van der Waals surface area contributed by atoms with E-state index >= 15 is 0 Å². The molecule has 1 saturated carbocycles. The quantitative estimate of drug-likeness (QED) is 0.640. The van der Waals surface area contributed by atoms with Crippen LogP contribution in [0.25, 0.3) is 0 Å². The van der Waals surface area contributed by atoms with Gasteiger partial charge in [-0.25, -0.2) is 0 Å². The summed E-state index contributed by atoms with van der Waals surface area (Å²) in [6, 6.07) is 0. The Bertz CT molecular complexity index is 153. The third kappa shape index (κ3) is 2.21. The minimum Gasteiger partial charge on any atom is -0.465 e. The molecule has 2 N–H and O–H groups in total. The number of nitrogens with two attached hydrogens (primary N) is 1. The van der Waals surface area contributed by atoms with Gasteiger partial charge in [0, 0.05) is 0 Å². The zero-order valence-electron chi connectivity index (χ0n) is 7.58. The van der Waals surface area contributed by atoms with Crippen molar-refractivity contribution in [3.63, 3.8) is 0 Å². The molecular formula is C9H17NO2. The van der Waals surface area contributed by atoms with E-state index in [0.29, 0.717) is 19.1 Å². The Morgan fingerprint density at radius 1 is 1.58 bits per heavy atom. The van der Waals surface area contributed by atoms with Crippen LogP contribution in [-0.2, 0) is 9.53 Å².